The van der Waals surface area contributed by atoms with Crippen molar-refractivity contribution in [2.24, 2.45) is 0 Å². The zero-order valence-corrected chi connectivity index (χ0v) is 19.1. The van der Waals surface area contributed by atoms with Gasteiger partial charge in [0.1, 0.15) is 4.70 Å². The van der Waals surface area contributed by atoms with Gasteiger partial charge in [-0.1, -0.05) is 28.5 Å². The molecule has 8 nitrogen and oxygen atoms in total. The number of fused-ring (bicyclic) bond motifs is 2. The lowest BCUT2D eigenvalue weighted by Crippen LogP contribution is -2.20. The summed E-state index contributed by atoms with van der Waals surface area (Å²) in [7, 11) is 0. The van der Waals surface area contributed by atoms with Gasteiger partial charge in [0.05, 0.1) is 17.0 Å². The molecule has 0 bridgehead atoms. The number of halogens is 1. The molecule has 0 saturated heterocycles. The standard InChI is InChI=1S/C22H13ClN4O4S2/c23-13-2-4-14(5-3-13)27-21(28)19-15(7-8-32-19)24-22(27)33-10-18-25-20(26-31-18)12-1-6-16-17(9-12)30-11-29-16/h1-9H,10-11H2. The van der Waals surface area contributed by atoms with Crippen LogP contribution in [0.5, 0.6) is 11.5 Å². The summed E-state index contributed by atoms with van der Waals surface area (Å²) in [5, 5.41) is 7.05. The van der Waals surface area contributed by atoms with Gasteiger partial charge in [-0.15, -0.1) is 11.3 Å². The lowest BCUT2D eigenvalue weighted by atomic mass is 10.2. The van der Waals surface area contributed by atoms with Crippen LogP contribution in [0.2, 0.25) is 5.02 Å². The van der Waals surface area contributed by atoms with Crippen molar-refractivity contribution in [1.29, 1.82) is 0 Å². The van der Waals surface area contributed by atoms with Gasteiger partial charge in [-0.3, -0.25) is 9.36 Å². The number of rotatable bonds is 5. The fraction of sp³-hybridized carbons (Fsp3) is 0.0909. The first-order valence-corrected chi connectivity index (χ1v) is 12.0. The highest BCUT2D eigenvalue weighted by molar-refractivity contribution is 7.98. The van der Waals surface area contributed by atoms with Gasteiger partial charge < -0.3 is 14.0 Å². The number of ether oxygens (including phenoxy) is 2. The van der Waals surface area contributed by atoms with E-state index in [2.05, 4.69) is 10.1 Å². The molecule has 2 aromatic carbocycles. The van der Waals surface area contributed by atoms with E-state index in [4.69, 9.17) is 30.6 Å². The normalized spacial score (nSPS) is 12.5. The highest BCUT2D eigenvalue weighted by atomic mass is 35.5. The SMILES string of the molecule is O=c1c2sccc2nc(SCc2nc(-c3ccc4c(c3)OCO4)no2)n1-c1ccc(Cl)cc1. The number of aromatic nitrogens is 4. The summed E-state index contributed by atoms with van der Waals surface area (Å²) in [5.74, 6) is 2.53. The van der Waals surface area contributed by atoms with E-state index in [1.165, 1.54) is 23.1 Å². The predicted molar refractivity (Wildman–Crippen MR) is 126 cm³/mol. The predicted octanol–water partition coefficient (Wildman–Crippen LogP) is 5.17. The number of thioether (sulfide) groups is 1. The molecule has 164 valence electrons. The van der Waals surface area contributed by atoms with E-state index >= 15 is 0 Å². The second-order valence-corrected chi connectivity index (χ2v) is 9.31. The van der Waals surface area contributed by atoms with Gasteiger partial charge in [-0.05, 0) is 53.9 Å². The van der Waals surface area contributed by atoms with Gasteiger partial charge in [0.25, 0.3) is 5.56 Å². The molecule has 5 aromatic rings. The van der Waals surface area contributed by atoms with Crippen LogP contribution in [0.1, 0.15) is 5.89 Å². The topological polar surface area (TPSA) is 92.3 Å². The molecule has 11 heteroatoms. The number of nitrogens with zero attached hydrogens (tertiary/aromatic N) is 4. The molecule has 6 rings (SSSR count). The molecule has 0 atom stereocenters. The minimum atomic E-state index is -0.133. The van der Waals surface area contributed by atoms with Crippen LogP contribution >= 0.6 is 34.7 Å². The summed E-state index contributed by atoms with van der Waals surface area (Å²) in [6, 6.07) is 14.4. The van der Waals surface area contributed by atoms with E-state index in [1.54, 1.807) is 28.8 Å². The summed E-state index contributed by atoms with van der Waals surface area (Å²) in [6.45, 7) is 0.198. The Labute approximate surface area is 199 Å². The molecule has 0 radical (unpaired) electrons. The maximum Gasteiger partial charge on any atom is 0.276 e. The number of hydrogen-bond acceptors (Lipinski definition) is 9. The van der Waals surface area contributed by atoms with Crippen LogP contribution in [0.25, 0.3) is 27.3 Å². The molecule has 33 heavy (non-hydrogen) atoms. The largest absolute Gasteiger partial charge is 0.454 e. The van der Waals surface area contributed by atoms with Crippen molar-refractivity contribution >= 4 is 44.9 Å². The highest BCUT2D eigenvalue weighted by Crippen LogP contribution is 2.35. The summed E-state index contributed by atoms with van der Waals surface area (Å²) in [6.07, 6.45) is 0. The quantitative estimate of drug-likeness (QED) is 0.243. The Morgan fingerprint density at radius 2 is 1.91 bits per heavy atom. The molecule has 0 aliphatic carbocycles. The number of benzene rings is 2. The molecule has 0 fully saturated rings. The number of thiophene rings is 1. The molecular weight excluding hydrogens is 484 g/mol. The molecule has 0 N–H and O–H groups in total. The maximum atomic E-state index is 13.2. The summed E-state index contributed by atoms with van der Waals surface area (Å²) < 4.78 is 18.4. The molecule has 4 heterocycles. The summed E-state index contributed by atoms with van der Waals surface area (Å²) in [5.41, 5.74) is 1.96. The van der Waals surface area contributed by atoms with Gasteiger partial charge in [-0.2, -0.15) is 4.98 Å². The first-order chi connectivity index (χ1) is 16.2. The minimum absolute atomic E-state index is 0.133. The van der Waals surface area contributed by atoms with Crippen molar-refractivity contribution < 1.29 is 14.0 Å². The monoisotopic (exact) mass is 496 g/mol. The molecular formula is C22H13ClN4O4S2. The second-order valence-electron chi connectivity index (χ2n) is 7.01. The summed E-state index contributed by atoms with van der Waals surface area (Å²) in [4.78, 5) is 22.4. The smallest absolute Gasteiger partial charge is 0.276 e. The Hall–Kier alpha value is -3.34. The van der Waals surface area contributed by atoms with E-state index in [0.29, 0.717) is 55.1 Å². The van der Waals surface area contributed by atoms with Gasteiger partial charge in [0.2, 0.25) is 18.5 Å². The Morgan fingerprint density at radius 3 is 2.79 bits per heavy atom. The van der Waals surface area contributed by atoms with Crippen LogP contribution in [0, 0.1) is 0 Å². The Bertz CT molecular complexity index is 1540. The van der Waals surface area contributed by atoms with Crippen LogP contribution in [-0.2, 0) is 5.75 Å². The van der Waals surface area contributed by atoms with E-state index < -0.39 is 0 Å². The lowest BCUT2D eigenvalue weighted by molar-refractivity contribution is 0.174. The third-order valence-corrected chi connectivity index (χ3v) is 7.02. The Morgan fingerprint density at radius 1 is 1.06 bits per heavy atom. The van der Waals surface area contributed by atoms with Gasteiger partial charge >= 0.3 is 0 Å². The average Bonchev–Trinajstić information content (AvgIpc) is 3.58. The molecule has 0 unspecified atom stereocenters. The van der Waals surface area contributed by atoms with Crippen molar-refractivity contribution in [3.05, 3.63) is 75.2 Å². The van der Waals surface area contributed by atoms with E-state index in [1.807, 2.05) is 29.6 Å². The zero-order valence-electron chi connectivity index (χ0n) is 16.7. The average molecular weight is 497 g/mol. The first kappa shape index (κ1) is 20.3. The van der Waals surface area contributed by atoms with Crippen LogP contribution in [0.3, 0.4) is 0 Å². The van der Waals surface area contributed by atoms with Crippen molar-refractivity contribution in [3.8, 4) is 28.6 Å². The first-order valence-electron chi connectivity index (χ1n) is 9.77. The molecule has 0 saturated carbocycles. The lowest BCUT2D eigenvalue weighted by Gasteiger charge is -2.11. The van der Waals surface area contributed by atoms with E-state index in [9.17, 15) is 4.79 Å². The fourth-order valence-electron chi connectivity index (χ4n) is 3.40. The Balaban J connectivity index is 1.31. The van der Waals surface area contributed by atoms with Crippen molar-refractivity contribution in [2.75, 3.05) is 6.79 Å². The molecule has 1 aliphatic heterocycles. The van der Waals surface area contributed by atoms with E-state index in [-0.39, 0.29) is 12.4 Å². The zero-order chi connectivity index (χ0) is 22.4. The van der Waals surface area contributed by atoms with Gasteiger partial charge in [0, 0.05) is 10.6 Å². The van der Waals surface area contributed by atoms with Crippen molar-refractivity contribution in [3.63, 3.8) is 0 Å². The molecule has 0 spiro atoms. The van der Waals surface area contributed by atoms with E-state index in [0.717, 1.165) is 5.56 Å². The highest BCUT2D eigenvalue weighted by Gasteiger charge is 2.18. The van der Waals surface area contributed by atoms with Crippen molar-refractivity contribution in [1.82, 2.24) is 19.7 Å². The van der Waals surface area contributed by atoms with Crippen LogP contribution < -0.4 is 15.0 Å². The second kappa shape index (κ2) is 8.22. The maximum absolute atomic E-state index is 13.2. The van der Waals surface area contributed by atoms with Crippen LogP contribution in [0.15, 0.2) is 68.4 Å². The van der Waals surface area contributed by atoms with Crippen LogP contribution in [-0.4, -0.2) is 26.5 Å². The molecule has 0 amide bonds. The van der Waals surface area contributed by atoms with Gasteiger partial charge in [-0.25, -0.2) is 4.98 Å². The molecule has 3 aromatic heterocycles. The summed E-state index contributed by atoms with van der Waals surface area (Å²) >= 11 is 8.74. The third kappa shape index (κ3) is 3.75. The fourth-order valence-corrected chi connectivity index (χ4v) is 5.14. The minimum Gasteiger partial charge on any atom is -0.454 e. The molecule has 1 aliphatic rings. The van der Waals surface area contributed by atoms with Gasteiger partial charge in [0.15, 0.2) is 16.7 Å². The van der Waals surface area contributed by atoms with Crippen LogP contribution in [0.4, 0.5) is 0 Å². The van der Waals surface area contributed by atoms with Crippen molar-refractivity contribution in [2.45, 2.75) is 10.9 Å². The Kier molecular flexibility index (Phi) is 5.05. The number of hydrogen-bond donors (Lipinski definition) is 0. The third-order valence-electron chi connectivity index (χ3n) is 4.96.